The molecule has 0 atom stereocenters. The van der Waals surface area contributed by atoms with E-state index in [4.69, 9.17) is 4.42 Å². The first-order valence-corrected chi connectivity index (χ1v) is 6.25. The van der Waals surface area contributed by atoms with E-state index in [9.17, 15) is 4.79 Å². The number of aromatic nitrogens is 1. The van der Waals surface area contributed by atoms with Crippen molar-refractivity contribution in [3.05, 3.63) is 24.1 Å². The molecule has 2 N–H and O–H groups in total. The molecule has 1 aromatic carbocycles. The number of anilines is 1. The van der Waals surface area contributed by atoms with Crippen molar-refractivity contribution in [1.82, 2.24) is 10.3 Å². The van der Waals surface area contributed by atoms with Gasteiger partial charge >= 0.3 is 6.03 Å². The zero-order valence-electron chi connectivity index (χ0n) is 11.7. The lowest BCUT2D eigenvalue weighted by Gasteiger charge is -2.18. The van der Waals surface area contributed by atoms with Crippen molar-refractivity contribution < 1.29 is 9.21 Å². The molecule has 2 rings (SSSR count). The lowest BCUT2D eigenvalue weighted by molar-refractivity contribution is 0.247. The van der Waals surface area contributed by atoms with Crippen LogP contribution in [0.5, 0.6) is 0 Å². The predicted molar refractivity (Wildman–Crippen MR) is 75.2 cm³/mol. The summed E-state index contributed by atoms with van der Waals surface area (Å²) in [7, 11) is 0. The van der Waals surface area contributed by atoms with Gasteiger partial charge in [-0.3, -0.25) is 0 Å². The van der Waals surface area contributed by atoms with Gasteiger partial charge < -0.3 is 15.1 Å². The molecule has 1 aromatic heterocycles. The van der Waals surface area contributed by atoms with Gasteiger partial charge in [-0.05, 0) is 17.5 Å². The molecule has 5 heteroatoms. The molecule has 0 unspecified atom stereocenters. The molecule has 2 amide bonds. The zero-order chi connectivity index (χ0) is 14.0. The van der Waals surface area contributed by atoms with Gasteiger partial charge in [-0.2, -0.15) is 0 Å². The van der Waals surface area contributed by atoms with E-state index in [-0.39, 0.29) is 11.4 Å². The SMILES string of the molecule is Cc1nc2ccc(NC(=O)NCC(C)(C)C)cc2o1. The molecule has 0 radical (unpaired) electrons. The third-order valence-corrected chi connectivity index (χ3v) is 2.53. The van der Waals surface area contributed by atoms with E-state index in [1.54, 1.807) is 19.1 Å². The summed E-state index contributed by atoms with van der Waals surface area (Å²) >= 11 is 0. The third kappa shape index (κ3) is 3.71. The van der Waals surface area contributed by atoms with E-state index in [1.807, 2.05) is 6.07 Å². The zero-order valence-corrected chi connectivity index (χ0v) is 11.7. The number of urea groups is 1. The minimum absolute atomic E-state index is 0.0589. The van der Waals surface area contributed by atoms with Crippen LogP contribution in [0.2, 0.25) is 0 Å². The highest BCUT2D eigenvalue weighted by atomic mass is 16.3. The van der Waals surface area contributed by atoms with Crippen molar-refractivity contribution in [2.45, 2.75) is 27.7 Å². The van der Waals surface area contributed by atoms with Crippen molar-refractivity contribution in [2.75, 3.05) is 11.9 Å². The first-order chi connectivity index (χ1) is 8.83. The first-order valence-electron chi connectivity index (χ1n) is 6.25. The highest BCUT2D eigenvalue weighted by Gasteiger charge is 2.12. The lowest BCUT2D eigenvalue weighted by atomic mass is 9.97. The monoisotopic (exact) mass is 261 g/mol. The second kappa shape index (κ2) is 4.91. The summed E-state index contributed by atoms with van der Waals surface area (Å²) in [6.45, 7) is 8.61. The Labute approximate surface area is 112 Å². The quantitative estimate of drug-likeness (QED) is 0.871. The Morgan fingerprint density at radius 2 is 2.11 bits per heavy atom. The number of hydrogen-bond donors (Lipinski definition) is 2. The Morgan fingerprint density at radius 3 is 2.79 bits per heavy atom. The number of rotatable bonds is 2. The van der Waals surface area contributed by atoms with Crippen LogP contribution < -0.4 is 10.6 Å². The lowest BCUT2D eigenvalue weighted by Crippen LogP contribution is -2.35. The number of carbonyl (C=O) groups is 1. The summed E-state index contributed by atoms with van der Waals surface area (Å²) in [4.78, 5) is 15.9. The summed E-state index contributed by atoms with van der Waals surface area (Å²) in [5.41, 5.74) is 2.21. The molecule has 0 saturated heterocycles. The normalized spacial score (nSPS) is 11.6. The van der Waals surface area contributed by atoms with Crippen LogP contribution in [0.25, 0.3) is 11.1 Å². The smallest absolute Gasteiger partial charge is 0.319 e. The summed E-state index contributed by atoms with van der Waals surface area (Å²) in [5, 5.41) is 5.61. The fraction of sp³-hybridized carbons (Fsp3) is 0.429. The van der Waals surface area contributed by atoms with Crippen LogP contribution >= 0.6 is 0 Å². The molecule has 102 valence electrons. The number of aryl methyl sites for hydroxylation is 1. The van der Waals surface area contributed by atoms with E-state index in [0.717, 1.165) is 5.52 Å². The van der Waals surface area contributed by atoms with Crippen LogP contribution in [0.3, 0.4) is 0 Å². The molecule has 0 aliphatic carbocycles. The number of carbonyl (C=O) groups excluding carboxylic acids is 1. The Balaban J connectivity index is 2.02. The first kappa shape index (κ1) is 13.4. The van der Waals surface area contributed by atoms with E-state index in [2.05, 4.69) is 36.4 Å². The van der Waals surface area contributed by atoms with Crippen molar-refractivity contribution in [1.29, 1.82) is 0 Å². The van der Waals surface area contributed by atoms with Gasteiger partial charge in [0.25, 0.3) is 0 Å². The largest absolute Gasteiger partial charge is 0.441 e. The minimum Gasteiger partial charge on any atom is -0.441 e. The molecule has 19 heavy (non-hydrogen) atoms. The van der Waals surface area contributed by atoms with Crippen molar-refractivity contribution in [3.63, 3.8) is 0 Å². The Hall–Kier alpha value is -2.04. The number of oxazole rings is 1. The molecule has 0 aliphatic heterocycles. The molecular weight excluding hydrogens is 242 g/mol. The van der Waals surface area contributed by atoms with Crippen LogP contribution in [0.4, 0.5) is 10.5 Å². The average molecular weight is 261 g/mol. The minimum atomic E-state index is -0.217. The molecular formula is C14H19N3O2. The summed E-state index contributed by atoms with van der Waals surface area (Å²) in [5.74, 6) is 0.615. The summed E-state index contributed by atoms with van der Waals surface area (Å²) in [6, 6.07) is 5.18. The van der Waals surface area contributed by atoms with Gasteiger partial charge in [0.2, 0.25) is 0 Å². The number of hydrogen-bond acceptors (Lipinski definition) is 3. The highest BCUT2D eigenvalue weighted by Crippen LogP contribution is 2.19. The van der Waals surface area contributed by atoms with E-state index in [1.165, 1.54) is 0 Å². The second-order valence-electron chi connectivity index (χ2n) is 5.78. The number of nitrogens with zero attached hydrogens (tertiary/aromatic N) is 1. The standard InChI is InChI=1S/C14H19N3O2/c1-9-16-11-6-5-10(7-12(11)19-9)17-13(18)15-8-14(2,3)4/h5-7H,8H2,1-4H3,(H2,15,17,18). The molecule has 0 bridgehead atoms. The van der Waals surface area contributed by atoms with Gasteiger partial charge in [-0.15, -0.1) is 0 Å². The van der Waals surface area contributed by atoms with Crippen molar-refractivity contribution in [2.24, 2.45) is 5.41 Å². The fourth-order valence-corrected chi connectivity index (χ4v) is 1.64. The van der Waals surface area contributed by atoms with Gasteiger partial charge in [0.15, 0.2) is 11.5 Å². The molecule has 0 spiro atoms. The van der Waals surface area contributed by atoms with Gasteiger partial charge in [0, 0.05) is 25.2 Å². The van der Waals surface area contributed by atoms with Crippen LogP contribution in [-0.2, 0) is 0 Å². The maximum Gasteiger partial charge on any atom is 0.319 e. The van der Waals surface area contributed by atoms with Crippen LogP contribution in [0.1, 0.15) is 26.7 Å². The maximum atomic E-state index is 11.7. The van der Waals surface area contributed by atoms with Crippen LogP contribution in [0, 0.1) is 12.3 Å². The Kier molecular flexibility index (Phi) is 3.46. The summed E-state index contributed by atoms with van der Waals surface area (Å²) < 4.78 is 5.42. The molecule has 2 aromatic rings. The van der Waals surface area contributed by atoms with Gasteiger partial charge in [0.05, 0.1) is 0 Å². The fourth-order valence-electron chi connectivity index (χ4n) is 1.64. The topological polar surface area (TPSA) is 67.2 Å². The molecule has 0 aliphatic rings. The van der Waals surface area contributed by atoms with Gasteiger partial charge in [-0.1, -0.05) is 20.8 Å². The predicted octanol–water partition coefficient (Wildman–Crippen LogP) is 3.30. The van der Waals surface area contributed by atoms with E-state index in [0.29, 0.717) is 23.7 Å². The van der Waals surface area contributed by atoms with Gasteiger partial charge in [-0.25, -0.2) is 9.78 Å². The number of benzene rings is 1. The van der Waals surface area contributed by atoms with Crippen molar-refractivity contribution in [3.8, 4) is 0 Å². The Bertz CT molecular complexity index is 596. The van der Waals surface area contributed by atoms with E-state index >= 15 is 0 Å². The van der Waals surface area contributed by atoms with Crippen LogP contribution in [-0.4, -0.2) is 17.6 Å². The Morgan fingerprint density at radius 1 is 1.37 bits per heavy atom. The van der Waals surface area contributed by atoms with E-state index < -0.39 is 0 Å². The second-order valence-corrected chi connectivity index (χ2v) is 5.78. The third-order valence-electron chi connectivity index (χ3n) is 2.53. The highest BCUT2D eigenvalue weighted by molar-refractivity contribution is 5.91. The molecule has 1 heterocycles. The molecule has 5 nitrogen and oxygen atoms in total. The molecule has 0 fully saturated rings. The number of amides is 2. The average Bonchev–Trinajstić information content (AvgIpc) is 2.65. The van der Waals surface area contributed by atoms with Crippen LogP contribution in [0.15, 0.2) is 22.6 Å². The maximum absolute atomic E-state index is 11.7. The summed E-state index contributed by atoms with van der Waals surface area (Å²) in [6.07, 6.45) is 0. The molecule has 0 saturated carbocycles. The number of fused-ring (bicyclic) bond motifs is 1. The number of nitrogens with one attached hydrogen (secondary N) is 2. The van der Waals surface area contributed by atoms with Crippen molar-refractivity contribution >= 4 is 22.8 Å². The van der Waals surface area contributed by atoms with Gasteiger partial charge in [0.1, 0.15) is 5.52 Å².